The Kier molecular flexibility index (Phi) is 5.02. The van der Waals surface area contributed by atoms with Gasteiger partial charge in [-0.3, -0.25) is 10.1 Å². The normalized spacial score (nSPS) is 10.6. The molecule has 0 atom stereocenters. The van der Waals surface area contributed by atoms with E-state index in [1.807, 2.05) is 29.6 Å². The second-order valence-corrected chi connectivity index (χ2v) is 7.24. The molecular weight excluding hydrogens is 419 g/mol. The second-order valence-electron chi connectivity index (χ2n) is 4.62. The number of rotatable bonds is 3. The number of halogens is 3. The molecule has 0 saturated carbocycles. The lowest BCUT2D eigenvalue weighted by atomic mass is 10.2. The highest BCUT2D eigenvalue weighted by atomic mass is 79.9. The molecule has 3 nitrogen and oxygen atoms in total. The van der Waals surface area contributed by atoms with Gasteiger partial charge < -0.3 is 0 Å². The molecule has 116 valence electrons. The number of aromatic nitrogens is 1. The molecule has 1 aromatic heterocycles. The number of benzene rings is 2. The van der Waals surface area contributed by atoms with Gasteiger partial charge in [0.15, 0.2) is 5.13 Å². The Morgan fingerprint density at radius 3 is 2.57 bits per heavy atom. The average Bonchev–Trinajstić information content (AvgIpc) is 2.96. The van der Waals surface area contributed by atoms with Crippen LogP contribution in [0.2, 0.25) is 10.0 Å². The Hall–Kier alpha value is -1.40. The number of hydrogen-bond acceptors (Lipinski definition) is 3. The first kappa shape index (κ1) is 16.5. The minimum Gasteiger partial charge on any atom is -0.298 e. The summed E-state index contributed by atoms with van der Waals surface area (Å²) < 4.78 is 1.00. The largest absolute Gasteiger partial charge is 0.298 e. The molecule has 0 bridgehead atoms. The monoisotopic (exact) mass is 426 g/mol. The van der Waals surface area contributed by atoms with E-state index in [4.69, 9.17) is 23.2 Å². The summed E-state index contributed by atoms with van der Waals surface area (Å²) in [6.45, 7) is 0. The van der Waals surface area contributed by atoms with E-state index in [2.05, 4.69) is 26.2 Å². The van der Waals surface area contributed by atoms with Crippen LogP contribution in [-0.2, 0) is 0 Å². The molecule has 7 heteroatoms. The maximum Gasteiger partial charge on any atom is 0.258 e. The molecule has 3 aromatic rings. The lowest BCUT2D eigenvalue weighted by Gasteiger charge is -2.04. The average molecular weight is 428 g/mol. The molecule has 0 radical (unpaired) electrons. The summed E-state index contributed by atoms with van der Waals surface area (Å²) in [5.74, 6) is -0.316. The van der Waals surface area contributed by atoms with E-state index in [9.17, 15) is 4.79 Å². The fraction of sp³-hybridized carbons (Fsp3) is 0. The zero-order valence-electron chi connectivity index (χ0n) is 11.5. The Labute approximate surface area is 155 Å². The number of anilines is 1. The fourth-order valence-corrected chi connectivity index (χ4v) is 3.40. The lowest BCUT2D eigenvalue weighted by molar-refractivity contribution is 0.102. The molecule has 3 rings (SSSR count). The van der Waals surface area contributed by atoms with Gasteiger partial charge in [-0.2, -0.15) is 0 Å². The highest BCUT2D eigenvalue weighted by Crippen LogP contribution is 2.27. The van der Waals surface area contributed by atoms with Crippen LogP contribution in [0.1, 0.15) is 10.4 Å². The Balaban J connectivity index is 1.78. The number of carbonyl (C=O) groups excluding carboxylic acids is 1. The maximum atomic E-state index is 12.3. The summed E-state index contributed by atoms with van der Waals surface area (Å²) in [6.07, 6.45) is 0. The van der Waals surface area contributed by atoms with Gasteiger partial charge in [-0.15, -0.1) is 11.3 Å². The minimum absolute atomic E-state index is 0.305. The molecule has 0 spiro atoms. The maximum absolute atomic E-state index is 12.3. The topological polar surface area (TPSA) is 42.0 Å². The summed E-state index contributed by atoms with van der Waals surface area (Å²) in [4.78, 5) is 16.7. The summed E-state index contributed by atoms with van der Waals surface area (Å²) in [6, 6.07) is 12.6. The van der Waals surface area contributed by atoms with Crippen molar-refractivity contribution in [1.29, 1.82) is 0 Å². The Morgan fingerprint density at radius 2 is 1.87 bits per heavy atom. The van der Waals surface area contributed by atoms with Crippen LogP contribution in [0.4, 0.5) is 5.13 Å². The van der Waals surface area contributed by atoms with Crippen LogP contribution in [0, 0.1) is 0 Å². The molecule has 1 heterocycles. The van der Waals surface area contributed by atoms with Gasteiger partial charge in [0.1, 0.15) is 0 Å². The molecule has 0 aliphatic heterocycles. The molecule has 0 aliphatic rings. The zero-order chi connectivity index (χ0) is 16.4. The number of amides is 1. The van der Waals surface area contributed by atoms with Crippen LogP contribution in [-0.4, -0.2) is 10.9 Å². The third kappa shape index (κ3) is 3.93. The number of thiazole rings is 1. The highest BCUT2D eigenvalue weighted by Gasteiger charge is 2.13. The van der Waals surface area contributed by atoms with Gasteiger partial charge in [-0.1, -0.05) is 51.3 Å². The van der Waals surface area contributed by atoms with Crippen LogP contribution < -0.4 is 5.32 Å². The van der Waals surface area contributed by atoms with Crippen molar-refractivity contribution in [3.8, 4) is 11.3 Å². The van der Waals surface area contributed by atoms with Crippen molar-refractivity contribution in [2.75, 3.05) is 5.32 Å². The van der Waals surface area contributed by atoms with Gasteiger partial charge in [-0.05, 0) is 30.3 Å². The molecule has 2 aromatic carbocycles. The smallest absolute Gasteiger partial charge is 0.258 e. The van der Waals surface area contributed by atoms with Gasteiger partial charge in [0.25, 0.3) is 5.91 Å². The fourth-order valence-electron chi connectivity index (χ4n) is 1.92. The first-order chi connectivity index (χ1) is 11.0. The third-order valence-electron chi connectivity index (χ3n) is 3.04. The van der Waals surface area contributed by atoms with Crippen molar-refractivity contribution in [2.24, 2.45) is 0 Å². The summed E-state index contributed by atoms with van der Waals surface area (Å²) in [5.41, 5.74) is 2.14. The SMILES string of the molecule is O=C(Nc1nc(-c2ccc(Br)cc2)cs1)c1ccc(Cl)cc1Cl. The summed E-state index contributed by atoms with van der Waals surface area (Å²) in [7, 11) is 0. The van der Waals surface area contributed by atoms with Gasteiger partial charge in [-0.25, -0.2) is 4.98 Å². The highest BCUT2D eigenvalue weighted by molar-refractivity contribution is 9.10. The molecule has 0 unspecified atom stereocenters. The number of nitrogens with zero attached hydrogens (tertiary/aromatic N) is 1. The number of nitrogens with one attached hydrogen (secondary N) is 1. The Bertz CT molecular complexity index is 865. The van der Waals surface area contributed by atoms with E-state index in [1.54, 1.807) is 12.1 Å². The van der Waals surface area contributed by atoms with Crippen LogP contribution in [0.3, 0.4) is 0 Å². The van der Waals surface area contributed by atoms with E-state index in [0.29, 0.717) is 20.7 Å². The number of carbonyl (C=O) groups is 1. The van der Waals surface area contributed by atoms with E-state index in [1.165, 1.54) is 17.4 Å². The van der Waals surface area contributed by atoms with Crippen LogP contribution >= 0.6 is 50.5 Å². The van der Waals surface area contributed by atoms with Crippen molar-refractivity contribution in [3.63, 3.8) is 0 Å². The summed E-state index contributed by atoms with van der Waals surface area (Å²) in [5, 5.41) is 5.95. The first-order valence-corrected chi connectivity index (χ1v) is 8.93. The molecular formula is C16H9BrCl2N2OS. The van der Waals surface area contributed by atoms with E-state index >= 15 is 0 Å². The van der Waals surface area contributed by atoms with E-state index < -0.39 is 0 Å². The quantitative estimate of drug-likeness (QED) is 0.546. The second kappa shape index (κ2) is 7.01. The van der Waals surface area contributed by atoms with Crippen molar-refractivity contribution in [2.45, 2.75) is 0 Å². The van der Waals surface area contributed by atoms with Gasteiger partial charge in [0.05, 0.1) is 16.3 Å². The van der Waals surface area contributed by atoms with Crippen LogP contribution in [0.5, 0.6) is 0 Å². The molecule has 0 fully saturated rings. The molecule has 0 saturated heterocycles. The van der Waals surface area contributed by atoms with Crippen LogP contribution in [0.15, 0.2) is 52.3 Å². The van der Waals surface area contributed by atoms with Crippen LogP contribution in [0.25, 0.3) is 11.3 Å². The molecule has 0 aliphatic carbocycles. The van der Waals surface area contributed by atoms with Gasteiger partial charge in [0.2, 0.25) is 0 Å². The molecule has 1 N–H and O–H groups in total. The third-order valence-corrected chi connectivity index (χ3v) is 4.87. The standard InChI is InChI=1S/C16H9BrCl2N2OS/c17-10-3-1-9(2-4-10)14-8-23-16(20-14)21-15(22)12-6-5-11(18)7-13(12)19/h1-8H,(H,20,21,22). The van der Waals surface area contributed by atoms with E-state index in [-0.39, 0.29) is 5.91 Å². The Morgan fingerprint density at radius 1 is 1.13 bits per heavy atom. The van der Waals surface area contributed by atoms with E-state index in [0.717, 1.165) is 15.7 Å². The lowest BCUT2D eigenvalue weighted by Crippen LogP contribution is -2.12. The zero-order valence-corrected chi connectivity index (χ0v) is 15.4. The van der Waals surface area contributed by atoms with Crippen molar-refractivity contribution >= 4 is 61.5 Å². The summed E-state index contributed by atoms with van der Waals surface area (Å²) >= 11 is 16.6. The van der Waals surface area contributed by atoms with Crippen molar-refractivity contribution in [3.05, 3.63) is 67.9 Å². The predicted octanol–water partition coefficient (Wildman–Crippen LogP) is 6.13. The molecule has 1 amide bonds. The van der Waals surface area contributed by atoms with Gasteiger partial charge >= 0.3 is 0 Å². The van der Waals surface area contributed by atoms with Crippen molar-refractivity contribution < 1.29 is 4.79 Å². The predicted molar refractivity (Wildman–Crippen MR) is 99.7 cm³/mol. The minimum atomic E-state index is -0.316. The van der Waals surface area contributed by atoms with Gasteiger partial charge in [0, 0.05) is 20.4 Å². The molecule has 23 heavy (non-hydrogen) atoms. The van der Waals surface area contributed by atoms with Crippen molar-refractivity contribution in [1.82, 2.24) is 4.98 Å². The first-order valence-electron chi connectivity index (χ1n) is 6.51. The number of hydrogen-bond donors (Lipinski definition) is 1.